The quantitative estimate of drug-likeness (QED) is 0.765. The lowest BCUT2D eigenvalue weighted by molar-refractivity contribution is 0.340. The van der Waals surface area contributed by atoms with Crippen molar-refractivity contribution in [1.29, 1.82) is 0 Å². The van der Waals surface area contributed by atoms with Gasteiger partial charge in [-0.3, -0.25) is 0 Å². The molecule has 1 aromatic rings. The van der Waals surface area contributed by atoms with Gasteiger partial charge in [-0.1, -0.05) is 0 Å². The van der Waals surface area contributed by atoms with Crippen LogP contribution in [-0.4, -0.2) is 19.3 Å². The lowest BCUT2D eigenvalue weighted by Gasteiger charge is -2.13. The van der Waals surface area contributed by atoms with Crippen LogP contribution in [0.4, 0.5) is 4.39 Å². The van der Waals surface area contributed by atoms with Gasteiger partial charge >= 0.3 is 0 Å². The number of phenols is 1. The molecule has 0 aliphatic carbocycles. The molecule has 4 nitrogen and oxygen atoms in total. The first-order chi connectivity index (χ1) is 6.65. The van der Waals surface area contributed by atoms with Crippen LogP contribution < -0.4 is 15.2 Å². The maximum Gasteiger partial charge on any atom is 0.173 e. The van der Waals surface area contributed by atoms with E-state index in [1.807, 2.05) is 0 Å². The minimum atomic E-state index is -0.773. The van der Waals surface area contributed by atoms with Crippen molar-refractivity contribution in [3.05, 3.63) is 17.4 Å². The van der Waals surface area contributed by atoms with Gasteiger partial charge in [0.05, 0.1) is 19.8 Å². The van der Waals surface area contributed by atoms with Crippen LogP contribution in [0.1, 0.15) is 5.56 Å². The summed E-state index contributed by atoms with van der Waals surface area (Å²) in [5.74, 6) is -0.801. The van der Waals surface area contributed by atoms with Gasteiger partial charge in [-0.2, -0.15) is 0 Å². The summed E-state index contributed by atoms with van der Waals surface area (Å²) in [7, 11) is 2.78. The van der Waals surface area contributed by atoms with Crippen molar-refractivity contribution < 1.29 is 19.0 Å². The first-order valence-corrected chi connectivity index (χ1v) is 3.98. The predicted octanol–water partition coefficient (Wildman–Crippen LogP) is 1.01. The maximum absolute atomic E-state index is 13.3. The summed E-state index contributed by atoms with van der Waals surface area (Å²) < 4.78 is 23.1. The van der Waals surface area contributed by atoms with Gasteiger partial charge in [0.15, 0.2) is 23.1 Å². The molecule has 0 radical (unpaired) electrons. The van der Waals surface area contributed by atoms with Gasteiger partial charge in [0, 0.05) is 12.6 Å². The highest BCUT2D eigenvalue weighted by Crippen LogP contribution is 2.37. The van der Waals surface area contributed by atoms with Gasteiger partial charge in [-0.15, -0.1) is 0 Å². The van der Waals surface area contributed by atoms with Crippen molar-refractivity contribution in [2.75, 3.05) is 14.2 Å². The lowest BCUT2D eigenvalue weighted by atomic mass is 10.1. The number of benzene rings is 1. The maximum atomic E-state index is 13.3. The Morgan fingerprint density at radius 2 is 2.07 bits per heavy atom. The Morgan fingerprint density at radius 3 is 2.50 bits per heavy atom. The zero-order chi connectivity index (χ0) is 10.7. The summed E-state index contributed by atoms with van der Waals surface area (Å²) in [4.78, 5) is 0. The summed E-state index contributed by atoms with van der Waals surface area (Å²) in [6.45, 7) is -0.0697. The Kier molecular flexibility index (Phi) is 3.14. The number of halogens is 1. The molecule has 0 aliphatic heterocycles. The van der Waals surface area contributed by atoms with Crippen LogP contribution in [0.15, 0.2) is 6.07 Å². The standard InChI is InChI=1S/C9H12FNO3/c1-13-7-3-6(12)8(10)5(4-11)9(7)14-2/h3,12H,4,11H2,1-2H3. The van der Waals surface area contributed by atoms with Crippen LogP contribution in [0.25, 0.3) is 0 Å². The summed E-state index contributed by atoms with van der Waals surface area (Å²) in [5, 5.41) is 9.20. The summed E-state index contributed by atoms with van der Waals surface area (Å²) in [6.07, 6.45) is 0. The van der Waals surface area contributed by atoms with Crippen molar-refractivity contribution in [2.24, 2.45) is 5.73 Å². The van der Waals surface area contributed by atoms with Gasteiger partial charge in [0.25, 0.3) is 0 Å². The summed E-state index contributed by atoms with van der Waals surface area (Å²) in [5.41, 5.74) is 5.43. The molecule has 0 atom stereocenters. The third-order valence-corrected chi connectivity index (χ3v) is 1.88. The zero-order valence-corrected chi connectivity index (χ0v) is 8.00. The molecular weight excluding hydrogens is 189 g/mol. The molecule has 0 saturated carbocycles. The van der Waals surface area contributed by atoms with Crippen LogP contribution in [0.5, 0.6) is 17.2 Å². The van der Waals surface area contributed by atoms with E-state index in [1.165, 1.54) is 14.2 Å². The van der Waals surface area contributed by atoms with Gasteiger partial charge < -0.3 is 20.3 Å². The van der Waals surface area contributed by atoms with Crippen LogP contribution in [-0.2, 0) is 6.54 Å². The van der Waals surface area contributed by atoms with Gasteiger partial charge in [0.2, 0.25) is 0 Å². The van der Waals surface area contributed by atoms with Crippen molar-refractivity contribution in [3.8, 4) is 17.2 Å². The summed E-state index contributed by atoms with van der Waals surface area (Å²) >= 11 is 0. The molecule has 5 heteroatoms. The van der Waals surface area contributed by atoms with Gasteiger partial charge in [-0.05, 0) is 0 Å². The molecule has 0 amide bonds. The van der Waals surface area contributed by atoms with E-state index >= 15 is 0 Å². The van der Waals surface area contributed by atoms with Crippen LogP contribution >= 0.6 is 0 Å². The largest absolute Gasteiger partial charge is 0.505 e. The van der Waals surface area contributed by atoms with E-state index in [1.54, 1.807) is 0 Å². The molecule has 0 saturated heterocycles. The minimum absolute atomic E-state index is 0.0697. The Morgan fingerprint density at radius 1 is 1.43 bits per heavy atom. The first kappa shape index (κ1) is 10.6. The monoisotopic (exact) mass is 201 g/mol. The number of nitrogens with two attached hydrogens (primary N) is 1. The topological polar surface area (TPSA) is 64.7 Å². The highest BCUT2D eigenvalue weighted by atomic mass is 19.1. The van der Waals surface area contributed by atoms with E-state index in [2.05, 4.69) is 0 Å². The van der Waals surface area contributed by atoms with E-state index in [-0.39, 0.29) is 23.6 Å². The molecule has 0 aliphatic rings. The molecule has 3 N–H and O–H groups in total. The molecule has 0 aromatic heterocycles. The molecule has 0 heterocycles. The van der Waals surface area contributed by atoms with Crippen molar-refractivity contribution in [2.45, 2.75) is 6.54 Å². The molecule has 0 spiro atoms. The zero-order valence-electron chi connectivity index (χ0n) is 8.00. The smallest absolute Gasteiger partial charge is 0.173 e. The molecule has 0 unspecified atom stereocenters. The highest BCUT2D eigenvalue weighted by molar-refractivity contribution is 5.52. The number of ether oxygens (including phenoxy) is 2. The van der Waals surface area contributed by atoms with Crippen molar-refractivity contribution in [1.82, 2.24) is 0 Å². The first-order valence-electron chi connectivity index (χ1n) is 3.98. The predicted molar refractivity (Wildman–Crippen MR) is 49.1 cm³/mol. The third-order valence-electron chi connectivity index (χ3n) is 1.88. The van der Waals surface area contributed by atoms with E-state index < -0.39 is 11.6 Å². The normalized spacial score (nSPS) is 10.0. The second-order valence-electron chi connectivity index (χ2n) is 2.63. The van der Waals surface area contributed by atoms with E-state index in [9.17, 15) is 9.50 Å². The number of phenolic OH excluding ortho intramolecular Hbond substituents is 1. The van der Waals surface area contributed by atoms with E-state index in [0.29, 0.717) is 0 Å². The Labute approximate surface area is 81.1 Å². The number of hydrogen-bond donors (Lipinski definition) is 2. The average Bonchev–Trinajstić information content (AvgIpc) is 2.20. The van der Waals surface area contributed by atoms with Gasteiger partial charge in [0.1, 0.15) is 0 Å². The second kappa shape index (κ2) is 4.15. The molecule has 1 rings (SSSR count). The Hall–Kier alpha value is -1.49. The average molecular weight is 201 g/mol. The molecule has 0 bridgehead atoms. The van der Waals surface area contributed by atoms with Crippen molar-refractivity contribution >= 4 is 0 Å². The van der Waals surface area contributed by atoms with Crippen molar-refractivity contribution in [3.63, 3.8) is 0 Å². The van der Waals surface area contributed by atoms with Crippen LogP contribution in [0.2, 0.25) is 0 Å². The number of hydrogen-bond acceptors (Lipinski definition) is 4. The number of aromatic hydroxyl groups is 1. The fourth-order valence-corrected chi connectivity index (χ4v) is 1.21. The van der Waals surface area contributed by atoms with E-state index in [4.69, 9.17) is 15.2 Å². The molecule has 14 heavy (non-hydrogen) atoms. The molecule has 0 fully saturated rings. The second-order valence-corrected chi connectivity index (χ2v) is 2.63. The lowest BCUT2D eigenvalue weighted by Crippen LogP contribution is -2.05. The number of rotatable bonds is 3. The third kappa shape index (κ3) is 1.58. The van der Waals surface area contributed by atoms with Crippen LogP contribution in [0, 0.1) is 5.82 Å². The fraction of sp³-hybridized carbons (Fsp3) is 0.333. The Balaban J connectivity index is 3.42. The SMILES string of the molecule is COc1cc(O)c(F)c(CN)c1OC. The fourth-order valence-electron chi connectivity index (χ4n) is 1.21. The van der Waals surface area contributed by atoms with Gasteiger partial charge in [-0.25, -0.2) is 4.39 Å². The minimum Gasteiger partial charge on any atom is -0.505 e. The van der Waals surface area contributed by atoms with E-state index in [0.717, 1.165) is 6.07 Å². The highest BCUT2D eigenvalue weighted by Gasteiger charge is 2.17. The number of methoxy groups -OCH3 is 2. The molecular formula is C9H12FNO3. The van der Waals surface area contributed by atoms with Crippen LogP contribution in [0.3, 0.4) is 0 Å². The molecule has 1 aromatic carbocycles. The molecule has 78 valence electrons. The Bertz CT molecular complexity index is 341. The summed E-state index contributed by atoms with van der Waals surface area (Å²) in [6, 6.07) is 1.15.